The summed E-state index contributed by atoms with van der Waals surface area (Å²) in [5.41, 5.74) is 0. The third kappa shape index (κ3) is 3.06. The predicted molar refractivity (Wildman–Crippen MR) is 34.1 cm³/mol. The summed E-state index contributed by atoms with van der Waals surface area (Å²) < 4.78 is 0. The maximum atomic E-state index is 9.81. The topological polar surface area (TPSA) is 17.1 Å². The van der Waals surface area contributed by atoms with Crippen LogP contribution < -0.4 is 0 Å². The third-order valence-electron chi connectivity index (χ3n) is 0.569. The Morgan fingerprint density at radius 1 is 1.86 bits per heavy atom. The van der Waals surface area contributed by atoms with Gasteiger partial charge in [-0.2, -0.15) is 0 Å². The monoisotopic (exact) mass is 184 g/mol. The van der Waals surface area contributed by atoms with E-state index in [9.17, 15) is 4.79 Å². The fraction of sp³-hybridized carbons (Fsp3) is 0.750. The Balaban J connectivity index is 3.33. The summed E-state index contributed by atoms with van der Waals surface area (Å²) in [7, 11) is 0. The van der Waals surface area contributed by atoms with Gasteiger partial charge in [0.05, 0.1) is 4.83 Å². The van der Waals surface area contributed by atoms with Crippen LogP contribution in [0.15, 0.2) is 0 Å². The molecule has 0 aliphatic rings. The molecule has 0 aliphatic heterocycles. The lowest BCUT2D eigenvalue weighted by atomic mass is 10.4. The van der Waals surface area contributed by atoms with Gasteiger partial charge in [-0.25, -0.2) is 0 Å². The summed E-state index contributed by atoms with van der Waals surface area (Å²) >= 11 is 8.49. The number of rotatable bonds is 2. The molecule has 2 unspecified atom stereocenters. The van der Waals surface area contributed by atoms with Crippen molar-refractivity contribution in [2.75, 3.05) is 0 Å². The Labute approximate surface area is 56.2 Å². The molecule has 0 aromatic heterocycles. The van der Waals surface area contributed by atoms with E-state index in [-0.39, 0.29) is 10.2 Å². The second kappa shape index (κ2) is 3.44. The van der Waals surface area contributed by atoms with Crippen molar-refractivity contribution in [3.05, 3.63) is 0 Å². The molecular weight excluding hydrogens is 179 g/mol. The molecule has 2 atom stereocenters. The number of hydrogen-bond donors (Lipinski definition) is 0. The summed E-state index contributed by atoms with van der Waals surface area (Å²) in [6.07, 6.45) is 0.775. The van der Waals surface area contributed by atoms with E-state index < -0.39 is 0 Å². The Morgan fingerprint density at radius 3 is 2.29 bits per heavy atom. The highest BCUT2D eigenvalue weighted by Gasteiger charge is 2.06. The van der Waals surface area contributed by atoms with E-state index in [1.165, 1.54) is 0 Å². The van der Waals surface area contributed by atoms with Crippen LogP contribution in [0.1, 0.15) is 6.92 Å². The lowest BCUT2D eigenvalue weighted by Gasteiger charge is -1.99. The van der Waals surface area contributed by atoms with Crippen LogP contribution in [0.3, 0.4) is 0 Å². The highest BCUT2D eigenvalue weighted by molar-refractivity contribution is 9.10. The number of carbonyl (C=O) groups is 1. The van der Waals surface area contributed by atoms with E-state index in [0.717, 1.165) is 6.29 Å². The van der Waals surface area contributed by atoms with Crippen LogP contribution in [0.25, 0.3) is 0 Å². The lowest BCUT2D eigenvalue weighted by molar-refractivity contribution is -0.107. The van der Waals surface area contributed by atoms with Crippen molar-refractivity contribution < 1.29 is 4.79 Å². The molecule has 0 radical (unpaired) electrons. The van der Waals surface area contributed by atoms with Crippen LogP contribution in [0.5, 0.6) is 0 Å². The van der Waals surface area contributed by atoms with E-state index in [1.54, 1.807) is 6.92 Å². The Morgan fingerprint density at radius 2 is 2.29 bits per heavy atom. The average Bonchev–Trinajstić information content (AvgIpc) is 1.65. The zero-order valence-electron chi connectivity index (χ0n) is 3.90. The molecule has 0 aromatic carbocycles. The number of halogens is 2. The zero-order chi connectivity index (χ0) is 5.86. The molecule has 0 spiro atoms. The van der Waals surface area contributed by atoms with Gasteiger partial charge < -0.3 is 4.79 Å². The van der Waals surface area contributed by atoms with Crippen molar-refractivity contribution in [3.8, 4) is 0 Å². The predicted octanol–water partition coefficient (Wildman–Crippen LogP) is 1.58. The number of aldehydes is 1. The first-order valence-electron chi connectivity index (χ1n) is 1.92. The molecule has 0 saturated heterocycles. The van der Waals surface area contributed by atoms with E-state index >= 15 is 0 Å². The van der Waals surface area contributed by atoms with Crippen molar-refractivity contribution in [2.45, 2.75) is 17.1 Å². The van der Waals surface area contributed by atoms with Gasteiger partial charge in [0, 0.05) is 5.38 Å². The minimum atomic E-state index is -0.200. The summed E-state index contributed by atoms with van der Waals surface area (Å²) in [6.45, 7) is 1.76. The van der Waals surface area contributed by atoms with Gasteiger partial charge in [0.25, 0.3) is 0 Å². The molecule has 0 heterocycles. The molecule has 0 aromatic rings. The van der Waals surface area contributed by atoms with Crippen LogP contribution >= 0.6 is 27.5 Å². The molecule has 42 valence electrons. The second-order valence-corrected chi connectivity index (χ2v) is 3.00. The highest BCUT2D eigenvalue weighted by Crippen LogP contribution is 2.07. The van der Waals surface area contributed by atoms with E-state index in [1.807, 2.05) is 0 Å². The van der Waals surface area contributed by atoms with Crippen LogP contribution in [0.4, 0.5) is 0 Å². The zero-order valence-corrected chi connectivity index (χ0v) is 6.24. The van der Waals surface area contributed by atoms with Gasteiger partial charge in [-0.05, 0) is 6.92 Å². The third-order valence-corrected chi connectivity index (χ3v) is 2.15. The van der Waals surface area contributed by atoms with E-state index in [0.29, 0.717) is 0 Å². The molecular formula is C4H6BrClO. The van der Waals surface area contributed by atoms with Gasteiger partial charge in [-0.15, -0.1) is 11.6 Å². The molecule has 0 bridgehead atoms. The Hall–Kier alpha value is 0.440. The fourth-order valence-corrected chi connectivity index (χ4v) is 0.168. The molecule has 0 saturated carbocycles. The molecule has 0 amide bonds. The molecule has 7 heavy (non-hydrogen) atoms. The maximum absolute atomic E-state index is 9.81. The number of carbonyl (C=O) groups excluding carboxylic acids is 1. The maximum Gasteiger partial charge on any atom is 0.135 e. The largest absolute Gasteiger partial charge is 0.302 e. The molecule has 0 rings (SSSR count). The van der Waals surface area contributed by atoms with Gasteiger partial charge in [0.1, 0.15) is 6.29 Å². The number of alkyl halides is 2. The first-order chi connectivity index (χ1) is 3.18. The van der Waals surface area contributed by atoms with Gasteiger partial charge in [-0.1, -0.05) is 15.9 Å². The molecule has 3 heteroatoms. The van der Waals surface area contributed by atoms with Crippen LogP contribution in [0, 0.1) is 0 Å². The van der Waals surface area contributed by atoms with Gasteiger partial charge in [-0.3, -0.25) is 0 Å². The van der Waals surface area contributed by atoms with Gasteiger partial charge in [0.15, 0.2) is 0 Å². The molecule has 0 fully saturated rings. The summed E-state index contributed by atoms with van der Waals surface area (Å²) in [5, 5.41) is -0.113. The second-order valence-electron chi connectivity index (χ2n) is 1.26. The molecule has 0 N–H and O–H groups in total. The Kier molecular flexibility index (Phi) is 3.66. The van der Waals surface area contributed by atoms with Crippen LogP contribution in [-0.4, -0.2) is 16.5 Å². The van der Waals surface area contributed by atoms with Crippen molar-refractivity contribution in [1.29, 1.82) is 0 Å². The first kappa shape index (κ1) is 7.44. The highest BCUT2D eigenvalue weighted by atomic mass is 79.9. The van der Waals surface area contributed by atoms with Crippen molar-refractivity contribution in [3.63, 3.8) is 0 Å². The van der Waals surface area contributed by atoms with Crippen molar-refractivity contribution in [2.24, 2.45) is 0 Å². The van der Waals surface area contributed by atoms with Crippen molar-refractivity contribution in [1.82, 2.24) is 0 Å². The van der Waals surface area contributed by atoms with Crippen LogP contribution in [0.2, 0.25) is 0 Å². The van der Waals surface area contributed by atoms with E-state index in [4.69, 9.17) is 11.6 Å². The smallest absolute Gasteiger partial charge is 0.135 e. The quantitative estimate of drug-likeness (QED) is 0.471. The number of hydrogen-bond acceptors (Lipinski definition) is 1. The van der Waals surface area contributed by atoms with Gasteiger partial charge in [0.2, 0.25) is 0 Å². The summed E-state index contributed by atoms with van der Waals surface area (Å²) in [4.78, 5) is 9.62. The minimum Gasteiger partial charge on any atom is -0.302 e. The lowest BCUT2D eigenvalue weighted by Crippen LogP contribution is -2.10. The van der Waals surface area contributed by atoms with Crippen molar-refractivity contribution >= 4 is 33.8 Å². The van der Waals surface area contributed by atoms with Crippen LogP contribution in [-0.2, 0) is 4.79 Å². The normalized spacial score (nSPS) is 18.1. The van der Waals surface area contributed by atoms with Gasteiger partial charge >= 0.3 is 0 Å². The summed E-state index contributed by atoms with van der Waals surface area (Å²) in [6, 6.07) is 0. The minimum absolute atomic E-state index is 0.113. The molecule has 1 nitrogen and oxygen atoms in total. The summed E-state index contributed by atoms with van der Waals surface area (Å²) in [5.74, 6) is 0. The average molecular weight is 185 g/mol. The Bertz CT molecular complexity index is 64.7. The van der Waals surface area contributed by atoms with E-state index in [2.05, 4.69) is 15.9 Å². The first-order valence-corrected chi connectivity index (χ1v) is 3.27. The SMILES string of the molecule is CC(Cl)C(Br)C=O. The fourth-order valence-electron chi connectivity index (χ4n) is 0.108. The standard InChI is InChI=1S/C4H6BrClO/c1-3(6)4(5)2-7/h2-4H,1H3. The molecule has 0 aliphatic carbocycles.